The monoisotopic (exact) mass is 259 g/mol. The van der Waals surface area contributed by atoms with E-state index in [4.69, 9.17) is 10.5 Å². The van der Waals surface area contributed by atoms with E-state index >= 15 is 0 Å². The second kappa shape index (κ2) is 5.89. The molecule has 0 spiro atoms. The van der Waals surface area contributed by atoms with E-state index in [0.29, 0.717) is 6.61 Å². The zero-order valence-electron chi connectivity index (χ0n) is 11.8. The van der Waals surface area contributed by atoms with Gasteiger partial charge in [-0.1, -0.05) is 25.1 Å². The van der Waals surface area contributed by atoms with E-state index in [1.165, 1.54) is 0 Å². The number of nitrogens with two attached hydrogens (primary N) is 1. The van der Waals surface area contributed by atoms with Gasteiger partial charge in [0, 0.05) is 24.4 Å². The number of hydrogen-bond acceptors (Lipinski definition) is 3. The van der Waals surface area contributed by atoms with E-state index in [-0.39, 0.29) is 6.04 Å². The summed E-state index contributed by atoms with van der Waals surface area (Å²) in [7, 11) is 1.92. The van der Waals surface area contributed by atoms with Crippen molar-refractivity contribution >= 4 is 0 Å². The van der Waals surface area contributed by atoms with Crippen molar-refractivity contribution in [2.45, 2.75) is 26.3 Å². The lowest BCUT2D eigenvalue weighted by Crippen LogP contribution is -2.14. The fourth-order valence-corrected chi connectivity index (χ4v) is 2.28. The summed E-state index contributed by atoms with van der Waals surface area (Å²) >= 11 is 0. The second-order valence-electron chi connectivity index (χ2n) is 4.51. The predicted molar refractivity (Wildman–Crippen MR) is 76.2 cm³/mol. The molecule has 0 saturated carbocycles. The van der Waals surface area contributed by atoms with Crippen molar-refractivity contribution in [3.63, 3.8) is 0 Å². The van der Waals surface area contributed by atoms with E-state index in [9.17, 15) is 0 Å². The lowest BCUT2D eigenvalue weighted by Gasteiger charge is -2.16. The van der Waals surface area contributed by atoms with Gasteiger partial charge in [0.25, 0.3) is 0 Å². The number of benzene rings is 1. The molecule has 0 radical (unpaired) electrons. The van der Waals surface area contributed by atoms with Gasteiger partial charge < -0.3 is 10.5 Å². The van der Waals surface area contributed by atoms with Crippen molar-refractivity contribution in [2.24, 2.45) is 12.8 Å². The van der Waals surface area contributed by atoms with Crippen LogP contribution >= 0.6 is 0 Å². The number of rotatable bonds is 5. The molecule has 1 aromatic carbocycles. The highest BCUT2D eigenvalue weighted by atomic mass is 16.5. The van der Waals surface area contributed by atoms with Crippen molar-refractivity contribution in [1.82, 2.24) is 9.78 Å². The fraction of sp³-hybridized carbons (Fsp3) is 0.400. The number of aryl methyl sites for hydroxylation is 2. The maximum absolute atomic E-state index is 6.40. The molecule has 2 rings (SSSR count). The molecule has 0 fully saturated rings. The minimum absolute atomic E-state index is 0.202. The van der Waals surface area contributed by atoms with Crippen molar-refractivity contribution in [3.8, 4) is 5.75 Å². The average molecular weight is 259 g/mol. The van der Waals surface area contributed by atoms with Crippen LogP contribution in [0.4, 0.5) is 0 Å². The van der Waals surface area contributed by atoms with Crippen LogP contribution in [-0.2, 0) is 13.5 Å². The molecule has 4 nitrogen and oxygen atoms in total. The van der Waals surface area contributed by atoms with Crippen LogP contribution in [-0.4, -0.2) is 16.4 Å². The summed E-state index contributed by atoms with van der Waals surface area (Å²) in [4.78, 5) is 0. The summed E-state index contributed by atoms with van der Waals surface area (Å²) in [6, 6.07) is 7.72. The SMILES string of the molecule is CCOc1ccccc1C(N)c1cn(C)nc1CC. The molecule has 0 amide bonds. The Labute approximate surface area is 114 Å². The molecule has 0 bridgehead atoms. The third kappa shape index (κ3) is 2.79. The second-order valence-corrected chi connectivity index (χ2v) is 4.51. The topological polar surface area (TPSA) is 53.1 Å². The molecule has 0 aliphatic heterocycles. The van der Waals surface area contributed by atoms with Gasteiger partial charge in [0.15, 0.2) is 0 Å². The van der Waals surface area contributed by atoms with E-state index in [1.807, 2.05) is 49.1 Å². The van der Waals surface area contributed by atoms with Gasteiger partial charge in [-0.25, -0.2) is 0 Å². The summed E-state index contributed by atoms with van der Waals surface area (Å²) in [5.74, 6) is 0.850. The van der Waals surface area contributed by atoms with Crippen LogP contribution in [0.1, 0.15) is 36.7 Å². The van der Waals surface area contributed by atoms with Crippen LogP contribution < -0.4 is 10.5 Å². The molecule has 0 aliphatic rings. The number of para-hydroxylation sites is 1. The smallest absolute Gasteiger partial charge is 0.124 e. The Morgan fingerprint density at radius 1 is 1.26 bits per heavy atom. The van der Waals surface area contributed by atoms with Crippen molar-refractivity contribution in [1.29, 1.82) is 0 Å². The molecule has 1 heterocycles. The molecule has 19 heavy (non-hydrogen) atoms. The van der Waals surface area contributed by atoms with Gasteiger partial charge in [-0.05, 0) is 19.4 Å². The summed E-state index contributed by atoms with van der Waals surface area (Å²) in [6.45, 7) is 4.70. The zero-order chi connectivity index (χ0) is 13.8. The third-order valence-corrected chi connectivity index (χ3v) is 3.16. The molecule has 2 N–H and O–H groups in total. The van der Waals surface area contributed by atoms with Gasteiger partial charge in [0.1, 0.15) is 5.75 Å². The quantitative estimate of drug-likeness (QED) is 0.897. The number of nitrogens with zero attached hydrogens (tertiary/aromatic N) is 2. The van der Waals surface area contributed by atoms with Crippen molar-refractivity contribution < 1.29 is 4.74 Å². The largest absolute Gasteiger partial charge is 0.494 e. The maximum atomic E-state index is 6.40. The number of aromatic nitrogens is 2. The first kappa shape index (κ1) is 13.6. The standard InChI is InChI=1S/C15H21N3O/c1-4-13-12(10-18(3)17-13)15(16)11-8-6-7-9-14(11)19-5-2/h6-10,15H,4-5,16H2,1-3H3. The van der Waals surface area contributed by atoms with E-state index in [1.54, 1.807) is 0 Å². The molecule has 1 unspecified atom stereocenters. The molecule has 4 heteroatoms. The molecule has 102 valence electrons. The molecular formula is C15H21N3O. The normalized spacial score (nSPS) is 12.4. The van der Waals surface area contributed by atoms with Crippen LogP contribution in [0.25, 0.3) is 0 Å². The van der Waals surface area contributed by atoms with Crippen LogP contribution in [0.3, 0.4) is 0 Å². The van der Waals surface area contributed by atoms with Gasteiger partial charge in [-0.15, -0.1) is 0 Å². The van der Waals surface area contributed by atoms with Crippen molar-refractivity contribution in [3.05, 3.63) is 47.3 Å². The number of ether oxygens (including phenoxy) is 1. The Balaban J connectivity index is 2.40. The van der Waals surface area contributed by atoms with E-state index in [2.05, 4.69) is 12.0 Å². The maximum Gasteiger partial charge on any atom is 0.124 e. The summed E-state index contributed by atoms with van der Waals surface area (Å²) in [5, 5.41) is 4.45. The molecule has 2 aromatic rings. The molecule has 0 saturated heterocycles. The Morgan fingerprint density at radius 3 is 2.68 bits per heavy atom. The van der Waals surface area contributed by atoms with Gasteiger partial charge in [-0.2, -0.15) is 5.10 Å². The van der Waals surface area contributed by atoms with Gasteiger partial charge in [-0.3, -0.25) is 4.68 Å². The minimum atomic E-state index is -0.202. The lowest BCUT2D eigenvalue weighted by molar-refractivity contribution is 0.335. The highest BCUT2D eigenvalue weighted by Gasteiger charge is 2.18. The summed E-state index contributed by atoms with van der Waals surface area (Å²) in [6.07, 6.45) is 2.87. The van der Waals surface area contributed by atoms with E-state index in [0.717, 1.165) is 29.0 Å². The van der Waals surface area contributed by atoms with Gasteiger partial charge >= 0.3 is 0 Å². The first-order chi connectivity index (χ1) is 9.17. The Bertz CT molecular complexity index is 548. The first-order valence-electron chi connectivity index (χ1n) is 6.67. The van der Waals surface area contributed by atoms with Gasteiger partial charge in [0.05, 0.1) is 18.3 Å². The van der Waals surface area contributed by atoms with Crippen LogP contribution in [0.5, 0.6) is 5.75 Å². The third-order valence-electron chi connectivity index (χ3n) is 3.16. The summed E-state index contributed by atoms with van der Waals surface area (Å²) < 4.78 is 7.47. The number of hydrogen-bond donors (Lipinski definition) is 1. The average Bonchev–Trinajstić information content (AvgIpc) is 2.80. The van der Waals surface area contributed by atoms with Crippen LogP contribution in [0, 0.1) is 0 Å². The molecular weight excluding hydrogens is 238 g/mol. The highest BCUT2D eigenvalue weighted by Crippen LogP contribution is 2.29. The molecule has 1 atom stereocenters. The Hall–Kier alpha value is -1.81. The van der Waals surface area contributed by atoms with Crippen molar-refractivity contribution in [2.75, 3.05) is 6.61 Å². The highest BCUT2D eigenvalue weighted by molar-refractivity contribution is 5.42. The Morgan fingerprint density at radius 2 is 2.00 bits per heavy atom. The van der Waals surface area contributed by atoms with Gasteiger partial charge in [0.2, 0.25) is 0 Å². The molecule has 0 aliphatic carbocycles. The zero-order valence-corrected chi connectivity index (χ0v) is 11.8. The van der Waals surface area contributed by atoms with Crippen LogP contribution in [0.15, 0.2) is 30.5 Å². The molecule has 1 aromatic heterocycles. The first-order valence-corrected chi connectivity index (χ1v) is 6.67. The summed E-state index contributed by atoms with van der Waals surface area (Å²) in [5.41, 5.74) is 9.52. The predicted octanol–water partition coefficient (Wildman–Crippen LogP) is 2.43. The fourth-order valence-electron chi connectivity index (χ4n) is 2.28. The van der Waals surface area contributed by atoms with Crippen LogP contribution in [0.2, 0.25) is 0 Å². The van der Waals surface area contributed by atoms with E-state index < -0.39 is 0 Å². The Kier molecular flexibility index (Phi) is 4.22. The minimum Gasteiger partial charge on any atom is -0.494 e. The lowest BCUT2D eigenvalue weighted by atomic mass is 9.98.